The van der Waals surface area contributed by atoms with Crippen LogP contribution in [0.4, 0.5) is 0 Å². The lowest BCUT2D eigenvalue weighted by Gasteiger charge is -2.17. The molecule has 1 aliphatic rings. The first kappa shape index (κ1) is 14.6. The normalized spacial score (nSPS) is 17.1. The Morgan fingerprint density at radius 2 is 2.00 bits per heavy atom. The van der Waals surface area contributed by atoms with Crippen LogP contribution in [0.3, 0.4) is 0 Å². The molecule has 1 N–H and O–H groups in total. The van der Waals surface area contributed by atoms with Gasteiger partial charge in [-0.3, -0.25) is 0 Å². The zero-order chi connectivity index (χ0) is 13.7. The summed E-state index contributed by atoms with van der Waals surface area (Å²) >= 11 is 0. The van der Waals surface area contributed by atoms with Gasteiger partial charge >= 0.3 is 0 Å². The first-order chi connectivity index (χ1) is 9.28. The van der Waals surface area contributed by atoms with Crippen LogP contribution < -0.4 is 5.32 Å². The molecule has 19 heavy (non-hydrogen) atoms. The van der Waals surface area contributed by atoms with Crippen molar-refractivity contribution in [1.29, 1.82) is 0 Å². The Bertz CT molecular complexity index is 361. The van der Waals surface area contributed by atoms with Gasteiger partial charge in [-0.2, -0.15) is 0 Å². The average molecular weight is 262 g/mol. The highest BCUT2D eigenvalue weighted by atomic mass is 15.0. The molecule has 2 rings (SSSR count). The van der Waals surface area contributed by atoms with E-state index in [4.69, 9.17) is 0 Å². The average Bonchev–Trinajstić information content (AvgIpc) is 3.16. The van der Waals surface area contributed by atoms with Crippen molar-refractivity contribution in [3.8, 4) is 0 Å². The molecule has 0 saturated heterocycles. The molecule has 0 aliphatic heterocycles. The summed E-state index contributed by atoms with van der Waals surface area (Å²) in [5, 5.41) is 3.73. The van der Waals surface area contributed by atoms with Crippen molar-refractivity contribution < 1.29 is 0 Å². The van der Waals surface area contributed by atoms with Crippen LogP contribution in [0.2, 0.25) is 0 Å². The van der Waals surface area contributed by atoms with Crippen LogP contribution in [0.5, 0.6) is 0 Å². The molecular formula is C17H30N2. The number of aromatic nitrogens is 1. The van der Waals surface area contributed by atoms with E-state index >= 15 is 0 Å². The van der Waals surface area contributed by atoms with Crippen LogP contribution in [0.15, 0.2) is 18.5 Å². The SMILES string of the molecule is CCCNC(c1ccn(CC(CC)CC)c1)C1CC1. The van der Waals surface area contributed by atoms with Crippen LogP contribution in [0, 0.1) is 11.8 Å². The lowest BCUT2D eigenvalue weighted by Crippen LogP contribution is -2.23. The fourth-order valence-corrected chi connectivity index (χ4v) is 2.89. The second-order valence-corrected chi connectivity index (χ2v) is 6.09. The second-order valence-electron chi connectivity index (χ2n) is 6.09. The van der Waals surface area contributed by atoms with Crippen LogP contribution in [0.25, 0.3) is 0 Å². The molecular weight excluding hydrogens is 232 g/mol. The lowest BCUT2D eigenvalue weighted by atomic mass is 10.0. The molecule has 1 aromatic rings. The van der Waals surface area contributed by atoms with Gasteiger partial charge in [-0.05, 0) is 49.3 Å². The Balaban J connectivity index is 1.97. The van der Waals surface area contributed by atoms with E-state index in [-0.39, 0.29) is 0 Å². The molecule has 1 fully saturated rings. The van der Waals surface area contributed by atoms with Crippen molar-refractivity contribution in [2.75, 3.05) is 6.54 Å². The van der Waals surface area contributed by atoms with E-state index in [1.54, 1.807) is 0 Å². The zero-order valence-electron chi connectivity index (χ0n) is 12.9. The molecule has 0 amide bonds. The number of nitrogens with one attached hydrogen (secondary N) is 1. The van der Waals surface area contributed by atoms with Gasteiger partial charge in [0.15, 0.2) is 0 Å². The van der Waals surface area contributed by atoms with E-state index in [1.807, 2.05) is 0 Å². The van der Waals surface area contributed by atoms with Gasteiger partial charge in [-0.25, -0.2) is 0 Å². The van der Waals surface area contributed by atoms with Crippen molar-refractivity contribution >= 4 is 0 Å². The largest absolute Gasteiger partial charge is 0.354 e. The molecule has 0 aromatic carbocycles. The molecule has 1 aliphatic carbocycles. The summed E-state index contributed by atoms with van der Waals surface area (Å²) in [7, 11) is 0. The molecule has 0 spiro atoms. The second kappa shape index (κ2) is 7.14. The summed E-state index contributed by atoms with van der Waals surface area (Å²) in [5.74, 6) is 1.71. The zero-order valence-corrected chi connectivity index (χ0v) is 12.9. The summed E-state index contributed by atoms with van der Waals surface area (Å²) in [4.78, 5) is 0. The third-order valence-corrected chi connectivity index (χ3v) is 4.46. The number of hydrogen-bond acceptors (Lipinski definition) is 1. The summed E-state index contributed by atoms with van der Waals surface area (Å²) in [5.41, 5.74) is 1.50. The highest BCUT2D eigenvalue weighted by Gasteiger charge is 2.32. The molecule has 0 bridgehead atoms. The quantitative estimate of drug-likeness (QED) is 0.699. The van der Waals surface area contributed by atoms with Gasteiger partial charge in [-0.1, -0.05) is 33.6 Å². The van der Waals surface area contributed by atoms with E-state index in [0.29, 0.717) is 6.04 Å². The van der Waals surface area contributed by atoms with Gasteiger partial charge in [0.1, 0.15) is 0 Å². The van der Waals surface area contributed by atoms with Gasteiger partial charge in [0.05, 0.1) is 0 Å². The smallest absolute Gasteiger partial charge is 0.0363 e. The Morgan fingerprint density at radius 3 is 2.58 bits per heavy atom. The molecule has 1 atom stereocenters. The van der Waals surface area contributed by atoms with Gasteiger partial charge in [0.2, 0.25) is 0 Å². The first-order valence-electron chi connectivity index (χ1n) is 8.17. The topological polar surface area (TPSA) is 17.0 Å². The van der Waals surface area contributed by atoms with Crippen molar-refractivity contribution in [3.63, 3.8) is 0 Å². The van der Waals surface area contributed by atoms with Crippen molar-refractivity contribution in [1.82, 2.24) is 9.88 Å². The summed E-state index contributed by atoms with van der Waals surface area (Å²) in [6.07, 6.45) is 11.2. The predicted molar refractivity (Wildman–Crippen MR) is 82.3 cm³/mol. The molecule has 1 aromatic heterocycles. The van der Waals surface area contributed by atoms with E-state index in [9.17, 15) is 0 Å². The maximum atomic E-state index is 3.73. The maximum Gasteiger partial charge on any atom is 0.0363 e. The summed E-state index contributed by atoms with van der Waals surface area (Å²) in [6, 6.07) is 2.93. The maximum absolute atomic E-state index is 3.73. The monoisotopic (exact) mass is 262 g/mol. The van der Waals surface area contributed by atoms with Crippen molar-refractivity contribution in [2.24, 2.45) is 11.8 Å². The van der Waals surface area contributed by atoms with Crippen LogP contribution in [0.1, 0.15) is 64.5 Å². The van der Waals surface area contributed by atoms with Gasteiger partial charge in [0.25, 0.3) is 0 Å². The Labute approximate surface area is 118 Å². The predicted octanol–water partition coefficient (Wildman–Crippen LogP) is 4.38. The highest BCUT2D eigenvalue weighted by molar-refractivity contribution is 5.18. The third kappa shape index (κ3) is 4.10. The van der Waals surface area contributed by atoms with Crippen LogP contribution >= 0.6 is 0 Å². The molecule has 2 nitrogen and oxygen atoms in total. The Morgan fingerprint density at radius 1 is 1.26 bits per heavy atom. The lowest BCUT2D eigenvalue weighted by molar-refractivity contribution is 0.417. The Hall–Kier alpha value is -0.760. The van der Waals surface area contributed by atoms with E-state index in [0.717, 1.165) is 18.4 Å². The summed E-state index contributed by atoms with van der Waals surface area (Å²) < 4.78 is 2.40. The van der Waals surface area contributed by atoms with Gasteiger partial charge in [0, 0.05) is 25.0 Å². The number of nitrogens with zero attached hydrogens (tertiary/aromatic N) is 1. The van der Waals surface area contributed by atoms with Crippen LogP contribution in [-0.2, 0) is 6.54 Å². The minimum absolute atomic E-state index is 0.600. The number of rotatable bonds is 9. The fraction of sp³-hybridized carbons (Fsp3) is 0.765. The fourth-order valence-electron chi connectivity index (χ4n) is 2.89. The molecule has 1 saturated carbocycles. The third-order valence-electron chi connectivity index (χ3n) is 4.46. The van der Waals surface area contributed by atoms with Gasteiger partial charge < -0.3 is 9.88 Å². The van der Waals surface area contributed by atoms with Crippen molar-refractivity contribution in [3.05, 3.63) is 24.0 Å². The molecule has 108 valence electrons. The Kier molecular flexibility index (Phi) is 5.50. The highest BCUT2D eigenvalue weighted by Crippen LogP contribution is 2.41. The van der Waals surface area contributed by atoms with Gasteiger partial charge in [-0.15, -0.1) is 0 Å². The van der Waals surface area contributed by atoms with Crippen LogP contribution in [-0.4, -0.2) is 11.1 Å². The van der Waals surface area contributed by atoms with E-state index in [1.165, 1.54) is 44.2 Å². The molecule has 2 heteroatoms. The summed E-state index contributed by atoms with van der Waals surface area (Å²) in [6.45, 7) is 9.16. The van der Waals surface area contributed by atoms with E-state index in [2.05, 4.69) is 49.1 Å². The molecule has 1 unspecified atom stereocenters. The first-order valence-corrected chi connectivity index (χ1v) is 8.17. The van der Waals surface area contributed by atoms with Crippen molar-refractivity contribution in [2.45, 2.75) is 65.5 Å². The minimum Gasteiger partial charge on any atom is -0.354 e. The van der Waals surface area contributed by atoms with E-state index < -0.39 is 0 Å². The number of hydrogen-bond donors (Lipinski definition) is 1. The minimum atomic E-state index is 0.600. The molecule has 0 radical (unpaired) electrons. The standard InChI is InChI=1S/C17H30N2/c1-4-10-18-17(15-7-8-15)16-9-11-19(13-16)12-14(5-2)6-3/h9,11,13-15,17-18H,4-8,10,12H2,1-3H3. The molecule has 1 heterocycles.